The van der Waals surface area contributed by atoms with Crippen LogP contribution < -0.4 is 0 Å². The zero-order chi connectivity index (χ0) is 14.0. The van der Waals surface area contributed by atoms with Crippen LogP contribution in [0.1, 0.15) is 13.8 Å². The summed E-state index contributed by atoms with van der Waals surface area (Å²) < 4.78 is 74.0. The molecule has 0 aliphatic rings. The molecule has 0 saturated carbocycles. The van der Waals surface area contributed by atoms with Crippen molar-refractivity contribution in [1.29, 1.82) is 0 Å². The lowest BCUT2D eigenvalue weighted by Gasteiger charge is -2.26. The van der Waals surface area contributed by atoms with Gasteiger partial charge >= 0.3 is 12.1 Å². The monoisotopic (exact) mass is 264 g/mol. The first-order valence-electron chi connectivity index (χ1n) is 4.41. The van der Waals surface area contributed by atoms with E-state index < -0.39 is 35.7 Å². The van der Waals surface area contributed by atoms with Crippen molar-refractivity contribution in [2.24, 2.45) is 5.92 Å². The lowest BCUT2D eigenvalue weighted by molar-refractivity contribution is -0.252. The summed E-state index contributed by atoms with van der Waals surface area (Å²) in [6.45, 7) is 1.54. The smallest absolute Gasteiger partial charge is 0.425 e. The summed E-state index contributed by atoms with van der Waals surface area (Å²) in [5, 5.41) is 8.37. The highest BCUT2D eigenvalue weighted by molar-refractivity contribution is 5.85. The Morgan fingerprint density at radius 2 is 1.65 bits per heavy atom. The van der Waals surface area contributed by atoms with Gasteiger partial charge in [-0.2, -0.15) is 13.2 Å². The molecular weight excluding hydrogens is 254 g/mol. The summed E-state index contributed by atoms with van der Waals surface area (Å²) in [6, 6.07) is 0. The molecular formula is C9H10F6O2. The number of hydrogen-bond acceptors (Lipinski definition) is 1. The lowest BCUT2D eigenvalue weighted by atomic mass is 9.96. The van der Waals surface area contributed by atoms with Crippen LogP contribution in [0.15, 0.2) is 11.6 Å². The van der Waals surface area contributed by atoms with Gasteiger partial charge < -0.3 is 5.11 Å². The third-order valence-corrected chi connectivity index (χ3v) is 2.07. The van der Waals surface area contributed by atoms with Gasteiger partial charge in [0, 0.05) is 11.5 Å². The van der Waals surface area contributed by atoms with Crippen molar-refractivity contribution >= 4 is 5.97 Å². The fourth-order valence-electron chi connectivity index (χ4n) is 1.01. The van der Waals surface area contributed by atoms with Crippen LogP contribution in [0.3, 0.4) is 0 Å². The maximum Gasteiger partial charge on any atom is 0.425 e. The largest absolute Gasteiger partial charge is 0.478 e. The van der Waals surface area contributed by atoms with Gasteiger partial charge in [-0.15, -0.1) is 0 Å². The van der Waals surface area contributed by atoms with Crippen LogP contribution in [-0.2, 0) is 4.79 Å². The molecule has 2 unspecified atom stereocenters. The number of hydrogen-bond donors (Lipinski definition) is 1. The van der Waals surface area contributed by atoms with Crippen molar-refractivity contribution in [3.63, 3.8) is 0 Å². The molecule has 17 heavy (non-hydrogen) atoms. The third kappa shape index (κ3) is 3.94. The summed E-state index contributed by atoms with van der Waals surface area (Å²) in [5.74, 6) is -8.46. The van der Waals surface area contributed by atoms with Gasteiger partial charge in [0.15, 0.2) is 0 Å². The molecule has 8 heteroatoms. The first-order valence-corrected chi connectivity index (χ1v) is 4.41. The molecule has 100 valence electrons. The van der Waals surface area contributed by atoms with E-state index in [0.29, 0.717) is 13.0 Å². The molecule has 0 aromatic rings. The summed E-state index contributed by atoms with van der Waals surface area (Å²) in [7, 11) is 0. The normalized spacial score (nSPS) is 17.8. The second kappa shape index (κ2) is 4.97. The van der Waals surface area contributed by atoms with E-state index in [-0.39, 0.29) is 0 Å². The number of halogens is 6. The molecule has 0 aliphatic carbocycles. The molecule has 0 radical (unpaired) electrons. The van der Waals surface area contributed by atoms with Crippen molar-refractivity contribution in [1.82, 2.24) is 0 Å². The summed E-state index contributed by atoms with van der Waals surface area (Å²) in [4.78, 5) is 10.3. The van der Waals surface area contributed by atoms with Crippen LogP contribution in [0.4, 0.5) is 26.3 Å². The van der Waals surface area contributed by atoms with E-state index in [2.05, 4.69) is 0 Å². The summed E-state index contributed by atoms with van der Waals surface area (Å²) >= 11 is 0. The fourth-order valence-corrected chi connectivity index (χ4v) is 1.01. The quantitative estimate of drug-likeness (QED) is 0.625. The Bertz CT molecular complexity index is 320. The Kier molecular flexibility index (Phi) is 4.62. The molecule has 0 heterocycles. The Balaban J connectivity index is 5.07. The molecule has 0 rings (SSSR count). The maximum absolute atomic E-state index is 13.0. The van der Waals surface area contributed by atoms with E-state index in [4.69, 9.17) is 5.11 Å². The zero-order valence-corrected chi connectivity index (χ0v) is 8.86. The van der Waals surface area contributed by atoms with Crippen LogP contribution in [0.2, 0.25) is 0 Å². The number of alkyl halides is 6. The Hall–Kier alpha value is -1.21. The van der Waals surface area contributed by atoms with Crippen molar-refractivity contribution in [3.8, 4) is 0 Å². The minimum absolute atomic E-state index is 0.390. The van der Waals surface area contributed by atoms with Crippen LogP contribution in [0.5, 0.6) is 0 Å². The predicted octanol–water partition coefficient (Wildman–Crippen LogP) is 3.19. The SMILES string of the molecule is C/C(=C\C(C)C(F)(F)C(F)C(F)(F)F)C(=O)O. The maximum atomic E-state index is 13.0. The van der Waals surface area contributed by atoms with E-state index in [9.17, 15) is 31.1 Å². The molecule has 0 aliphatic heterocycles. The molecule has 0 aromatic carbocycles. The molecule has 0 bridgehead atoms. The molecule has 2 atom stereocenters. The minimum atomic E-state index is -5.69. The lowest BCUT2D eigenvalue weighted by Crippen LogP contribution is -2.45. The van der Waals surface area contributed by atoms with Gasteiger partial charge in [0.05, 0.1) is 0 Å². The summed E-state index contributed by atoms with van der Waals surface area (Å²) in [6.07, 6.45) is -9.63. The van der Waals surface area contributed by atoms with E-state index in [0.717, 1.165) is 6.92 Å². The van der Waals surface area contributed by atoms with Gasteiger partial charge in [0.25, 0.3) is 12.1 Å². The van der Waals surface area contributed by atoms with E-state index in [1.165, 1.54) is 0 Å². The van der Waals surface area contributed by atoms with Gasteiger partial charge in [-0.25, -0.2) is 18.0 Å². The molecule has 0 amide bonds. The molecule has 2 nitrogen and oxygen atoms in total. The fraction of sp³-hybridized carbons (Fsp3) is 0.667. The number of carboxylic acids is 1. The number of carbonyl (C=O) groups is 1. The molecule has 0 aromatic heterocycles. The van der Waals surface area contributed by atoms with Crippen molar-refractivity contribution in [3.05, 3.63) is 11.6 Å². The second-order valence-corrected chi connectivity index (χ2v) is 3.52. The van der Waals surface area contributed by atoms with Gasteiger partial charge in [0.2, 0.25) is 0 Å². The predicted molar refractivity (Wildman–Crippen MR) is 46.5 cm³/mol. The van der Waals surface area contributed by atoms with Crippen LogP contribution >= 0.6 is 0 Å². The Labute approximate surface area is 92.9 Å². The van der Waals surface area contributed by atoms with Crippen LogP contribution in [0, 0.1) is 5.92 Å². The van der Waals surface area contributed by atoms with Gasteiger partial charge in [0.1, 0.15) is 0 Å². The highest BCUT2D eigenvalue weighted by atomic mass is 19.4. The van der Waals surface area contributed by atoms with Gasteiger partial charge in [-0.05, 0) is 6.92 Å². The molecule has 0 fully saturated rings. The number of rotatable bonds is 4. The van der Waals surface area contributed by atoms with Crippen LogP contribution in [-0.4, -0.2) is 29.3 Å². The average Bonchev–Trinajstić information content (AvgIpc) is 2.14. The van der Waals surface area contributed by atoms with Gasteiger partial charge in [-0.3, -0.25) is 0 Å². The second-order valence-electron chi connectivity index (χ2n) is 3.52. The molecule has 0 saturated heterocycles. The standard InChI is InChI=1S/C9H10F6O2/c1-4(6(16)17)3-5(2)8(11,12)7(10)9(13,14)15/h3,5,7H,1-2H3,(H,16,17)/b4-3+. The van der Waals surface area contributed by atoms with Crippen LogP contribution in [0.25, 0.3) is 0 Å². The first kappa shape index (κ1) is 15.8. The number of carboxylic acid groups (broad SMARTS) is 1. The van der Waals surface area contributed by atoms with E-state index >= 15 is 0 Å². The summed E-state index contributed by atoms with van der Waals surface area (Å²) in [5.41, 5.74) is -0.577. The highest BCUT2D eigenvalue weighted by Gasteiger charge is 2.58. The topological polar surface area (TPSA) is 37.3 Å². The van der Waals surface area contributed by atoms with Crippen molar-refractivity contribution in [2.75, 3.05) is 0 Å². The van der Waals surface area contributed by atoms with Crippen molar-refractivity contribution < 1.29 is 36.2 Å². The van der Waals surface area contributed by atoms with Gasteiger partial charge in [-0.1, -0.05) is 13.0 Å². The molecule has 1 N–H and O–H groups in total. The first-order chi connectivity index (χ1) is 7.40. The molecule has 0 spiro atoms. The number of aliphatic carboxylic acids is 1. The van der Waals surface area contributed by atoms with E-state index in [1.807, 2.05) is 0 Å². The Morgan fingerprint density at radius 3 is 1.94 bits per heavy atom. The third-order valence-electron chi connectivity index (χ3n) is 2.07. The minimum Gasteiger partial charge on any atom is -0.478 e. The highest BCUT2D eigenvalue weighted by Crippen LogP contribution is 2.40. The Morgan fingerprint density at radius 1 is 1.24 bits per heavy atom. The number of allylic oxidation sites excluding steroid dienone is 1. The van der Waals surface area contributed by atoms with E-state index in [1.54, 1.807) is 0 Å². The van der Waals surface area contributed by atoms with Crippen molar-refractivity contribution in [2.45, 2.75) is 32.1 Å². The zero-order valence-electron chi connectivity index (χ0n) is 8.86. The average molecular weight is 264 g/mol.